The SMILES string of the molecule is Nc1cc(Br)cnc1I. The van der Waals surface area contributed by atoms with Gasteiger partial charge < -0.3 is 5.73 Å². The van der Waals surface area contributed by atoms with Crippen molar-refractivity contribution in [3.05, 3.63) is 20.4 Å². The zero-order valence-corrected chi connectivity index (χ0v) is 8.18. The number of nitrogens with zero attached hydrogens (tertiary/aromatic N) is 1. The van der Waals surface area contributed by atoms with Gasteiger partial charge in [0.25, 0.3) is 0 Å². The molecule has 1 aromatic heterocycles. The third-order valence-corrected chi connectivity index (χ3v) is 2.17. The van der Waals surface area contributed by atoms with Crippen molar-refractivity contribution in [1.82, 2.24) is 4.98 Å². The van der Waals surface area contributed by atoms with Gasteiger partial charge in [-0.3, -0.25) is 0 Å². The minimum atomic E-state index is 0.713. The Morgan fingerprint density at radius 1 is 1.67 bits per heavy atom. The summed E-state index contributed by atoms with van der Waals surface area (Å²) in [6.45, 7) is 0. The van der Waals surface area contributed by atoms with Crippen molar-refractivity contribution in [3.63, 3.8) is 0 Å². The molecule has 0 saturated heterocycles. The average molecular weight is 299 g/mol. The maximum absolute atomic E-state index is 5.52. The second kappa shape index (κ2) is 2.83. The van der Waals surface area contributed by atoms with E-state index in [-0.39, 0.29) is 0 Å². The molecule has 0 atom stereocenters. The standard InChI is InChI=1S/C5H4BrIN2/c6-3-1-4(8)5(7)9-2-3/h1-2H,8H2. The molecule has 1 aromatic rings. The first-order valence-corrected chi connectivity index (χ1v) is 4.14. The average Bonchev–Trinajstić information content (AvgIpc) is 1.80. The Labute approximate surface area is 75.1 Å². The largest absolute Gasteiger partial charge is 0.397 e. The quantitative estimate of drug-likeness (QED) is 0.588. The number of hydrogen-bond donors (Lipinski definition) is 1. The van der Waals surface area contributed by atoms with Crippen LogP contribution in [0.5, 0.6) is 0 Å². The van der Waals surface area contributed by atoms with E-state index in [2.05, 4.69) is 43.5 Å². The molecule has 0 aromatic carbocycles. The lowest BCUT2D eigenvalue weighted by atomic mass is 10.4. The smallest absolute Gasteiger partial charge is 0.124 e. The molecule has 0 bridgehead atoms. The Hall–Kier alpha value is 0.160. The van der Waals surface area contributed by atoms with Gasteiger partial charge in [-0.15, -0.1) is 0 Å². The highest BCUT2D eigenvalue weighted by Crippen LogP contribution is 2.16. The lowest BCUT2D eigenvalue weighted by Crippen LogP contribution is -1.90. The number of anilines is 1. The van der Waals surface area contributed by atoms with Gasteiger partial charge in [0.05, 0.1) is 5.69 Å². The van der Waals surface area contributed by atoms with Crippen LogP contribution in [0.2, 0.25) is 0 Å². The Balaban J connectivity index is 3.17. The van der Waals surface area contributed by atoms with Crippen molar-refractivity contribution < 1.29 is 0 Å². The molecule has 0 fully saturated rings. The Bertz CT molecular complexity index is 226. The molecular formula is C5H4BrIN2. The highest BCUT2D eigenvalue weighted by molar-refractivity contribution is 14.1. The van der Waals surface area contributed by atoms with Crippen molar-refractivity contribution in [1.29, 1.82) is 0 Å². The fourth-order valence-electron chi connectivity index (χ4n) is 0.438. The molecule has 0 amide bonds. The summed E-state index contributed by atoms with van der Waals surface area (Å²) in [5.74, 6) is 0. The summed E-state index contributed by atoms with van der Waals surface area (Å²) in [6, 6.07) is 1.83. The monoisotopic (exact) mass is 298 g/mol. The van der Waals surface area contributed by atoms with E-state index >= 15 is 0 Å². The van der Waals surface area contributed by atoms with Gasteiger partial charge in [-0.1, -0.05) is 0 Å². The van der Waals surface area contributed by atoms with E-state index in [1.807, 2.05) is 6.07 Å². The highest BCUT2D eigenvalue weighted by atomic mass is 127. The molecule has 2 N–H and O–H groups in total. The summed E-state index contributed by atoms with van der Waals surface area (Å²) in [5, 5.41) is 0. The van der Waals surface area contributed by atoms with Gasteiger partial charge in [0.2, 0.25) is 0 Å². The van der Waals surface area contributed by atoms with Crippen LogP contribution in [0.3, 0.4) is 0 Å². The number of hydrogen-bond acceptors (Lipinski definition) is 2. The molecule has 0 spiro atoms. The topological polar surface area (TPSA) is 38.9 Å². The van der Waals surface area contributed by atoms with Crippen molar-refractivity contribution in [2.75, 3.05) is 5.73 Å². The van der Waals surface area contributed by atoms with E-state index in [0.29, 0.717) is 5.69 Å². The molecule has 1 rings (SSSR count). The van der Waals surface area contributed by atoms with Crippen LogP contribution in [-0.2, 0) is 0 Å². The Kier molecular flexibility index (Phi) is 2.29. The third-order valence-electron chi connectivity index (χ3n) is 0.833. The molecule has 0 saturated carbocycles. The molecule has 0 unspecified atom stereocenters. The van der Waals surface area contributed by atoms with Crippen molar-refractivity contribution in [2.24, 2.45) is 0 Å². The lowest BCUT2D eigenvalue weighted by Gasteiger charge is -1.94. The number of rotatable bonds is 0. The van der Waals surface area contributed by atoms with Crippen LogP contribution in [-0.4, -0.2) is 4.98 Å². The van der Waals surface area contributed by atoms with Gasteiger partial charge in [0, 0.05) is 10.7 Å². The highest BCUT2D eigenvalue weighted by Gasteiger charge is 1.94. The summed E-state index contributed by atoms with van der Waals surface area (Å²) >= 11 is 5.33. The van der Waals surface area contributed by atoms with Crippen LogP contribution >= 0.6 is 38.5 Å². The van der Waals surface area contributed by atoms with E-state index in [9.17, 15) is 0 Å². The van der Waals surface area contributed by atoms with Gasteiger partial charge in [-0.2, -0.15) is 0 Å². The van der Waals surface area contributed by atoms with Crippen molar-refractivity contribution in [2.45, 2.75) is 0 Å². The zero-order valence-electron chi connectivity index (χ0n) is 4.44. The van der Waals surface area contributed by atoms with E-state index in [4.69, 9.17) is 5.73 Å². The number of nitrogens with two attached hydrogens (primary N) is 1. The lowest BCUT2D eigenvalue weighted by molar-refractivity contribution is 1.26. The van der Waals surface area contributed by atoms with Crippen molar-refractivity contribution in [3.8, 4) is 0 Å². The molecule has 0 aliphatic rings. The predicted molar refractivity (Wildman–Crippen MR) is 49.1 cm³/mol. The fourth-order valence-corrected chi connectivity index (χ4v) is 1.08. The molecule has 1 heterocycles. The molecule has 0 aliphatic heterocycles. The normalized spacial score (nSPS) is 9.56. The van der Waals surface area contributed by atoms with Gasteiger partial charge in [-0.25, -0.2) is 4.98 Å². The van der Waals surface area contributed by atoms with Gasteiger partial charge in [-0.05, 0) is 44.6 Å². The summed E-state index contributed by atoms with van der Waals surface area (Å²) in [5.41, 5.74) is 6.23. The predicted octanol–water partition coefficient (Wildman–Crippen LogP) is 2.03. The fraction of sp³-hybridized carbons (Fsp3) is 0. The molecule has 48 valence electrons. The number of halogens is 2. The third kappa shape index (κ3) is 1.79. The molecule has 0 aliphatic carbocycles. The molecule has 0 radical (unpaired) electrons. The second-order valence-corrected chi connectivity index (χ2v) is 3.47. The zero-order chi connectivity index (χ0) is 6.85. The van der Waals surface area contributed by atoms with E-state index in [0.717, 1.165) is 8.17 Å². The maximum atomic E-state index is 5.52. The van der Waals surface area contributed by atoms with E-state index in [1.54, 1.807) is 6.20 Å². The van der Waals surface area contributed by atoms with Crippen LogP contribution in [0.15, 0.2) is 16.7 Å². The van der Waals surface area contributed by atoms with Crippen LogP contribution in [0, 0.1) is 3.70 Å². The number of nitrogen functional groups attached to an aromatic ring is 1. The first-order valence-electron chi connectivity index (χ1n) is 2.26. The van der Waals surface area contributed by atoms with Crippen LogP contribution < -0.4 is 5.73 Å². The minimum absolute atomic E-state index is 0.713. The maximum Gasteiger partial charge on any atom is 0.124 e. The number of aromatic nitrogens is 1. The Morgan fingerprint density at radius 2 is 2.33 bits per heavy atom. The van der Waals surface area contributed by atoms with Gasteiger partial charge >= 0.3 is 0 Å². The molecular weight excluding hydrogens is 295 g/mol. The summed E-state index contributed by atoms with van der Waals surface area (Å²) in [7, 11) is 0. The summed E-state index contributed by atoms with van der Waals surface area (Å²) in [6.07, 6.45) is 1.72. The van der Waals surface area contributed by atoms with E-state index < -0.39 is 0 Å². The minimum Gasteiger partial charge on any atom is -0.397 e. The molecule has 2 nitrogen and oxygen atoms in total. The Morgan fingerprint density at radius 3 is 2.78 bits per heavy atom. The van der Waals surface area contributed by atoms with Crippen LogP contribution in [0.1, 0.15) is 0 Å². The van der Waals surface area contributed by atoms with Gasteiger partial charge in [0.15, 0.2) is 0 Å². The van der Waals surface area contributed by atoms with Crippen molar-refractivity contribution >= 4 is 44.2 Å². The number of pyridine rings is 1. The van der Waals surface area contributed by atoms with E-state index in [1.165, 1.54) is 0 Å². The second-order valence-electron chi connectivity index (χ2n) is 1.53. The first kappa shape index (κ1) is 7.27. The molecule has 9 heavy (non-hydrogen) atoms. The first-order chi connectivity index (χ1) is 4.20. The summed E-state index contributed by atoms with van der Waals surface area (Å²) in [4.78, 5) is 3.99. The van der Waals surface area contributed by atoms with Crippen LogP contribution in [0.25, 0.3) is 0 Å². The molecule has 4 heteroatoms. The van der Waals surface area contributed by atoms with Crippen LogP contribution in [0.4, 0.5) is 5.69 Å². The summed E-state index contributed by atoms with van der Waals surface area (Å²) < 4.78 is 1.76. The van der Waals surface area contributed by atoms with Gasteiger partial charge in [0.1, 0.15) is 3.70 Å².